The highest BCUT2D eigenvalue weighted by molar-refractivity contribution is 6.16. The number of aromatic hydroxyl groups is 1. The SMILES string of the molecule is COc1ccc(/C=C/C(=O)c2c(O)ccc3c(C)c(C(=O)O)oc23)cc1. The van der Waals surface area contributed by atoms with Crippen LogP contribution in [0.25, 0.3) is 17.0 Å². The highest BCUT2D eigenvalue weighted by atomic mass is 16.5. The maximum atomic E-state index is 12.6. The first kappa shape index (κ1) is 17.3. The third kappa shape index (κ3) is 3.04. The number of phenols is 1. The zero-order valence-corrected chi connectivity index (χ0v) is 14.1. The molecule has 0 atom stereocenters. The number of carbonyl (C=O) groups excluding carboxylic acids is 1. The number of hydrogen-bond acceptors (Lipinski definition) is 5. The molecule has 0 radical (unpaired) electrons. The van der Waals surface area contributed by atoms with E-state index in [1.165, 1.54) is 18.2 Å². The summed E-state index contributed by atoms with van der Waals surface area (Å²) >= 11 is 0. The molecule has 0 saturated carbocycles. The van der Waals surface area contributed by atoms with E-state index in [1.807, 2.05) is 0 Å². The zero-order chi connectivity index (χ0) is 18.8. The van der Waals surface area contributed by atoms with Gasteiger partial charge in [0, 0.05) is 10.9 Å². The number of benzene rings is 2. The lowest BCUT2D eigenvalue weighted by molar-refractivity contribution is 0.0663. The molecule has 2 N–H and O–H groups in total. The van der Waals surface area contributed by atoms with Crippen molar-refractivity contribution in [2.75, 3.05) is 7.11 Å². The van der Waals surface area contributed by atoms with Crippen molar-refractivity contribution in [1.29, 1.82) is 0 Å². The minimum Gasteiger partial charge on any atom is -0.507 e. The molecule has 0 unspecified atom stereocenters. The molecule has 0 fully saturated rings. The number of methoxy groups -OCH3 is 1. The van der Waals surface area contributed by atoms with Crippen LogP contribution in [0.2, 0.25) is 0 Å². The largest absolute Gasteiger partial charge is 0.507 e. The molecule has 2 aromatic carbocycles. The van der Waals surface area contributed by atoms with Crippen LogP contribution in [0.15, 0.2) is 46.9 Å². The second-order valence-electron chi connectivity index (χ2n) is 5.67. The molecular weight excluding hydrogens is 336 g/mol. The van der Waals surface area contributed by atoms with Gasteiger partial charge < -0.3 is 19.4 Å². The van der Waals surface area contributed by atoms with Crippen LogP contribution < -0.4 is 4.74 Å². The second kappa shape index (κ2) is 6.76. The Kier molecular flexibility index (Phi) is 4.49. The topological polar surface area (TPSA) is 97.0 Å². The summed E-state index contributed by atoms with van der Waals surface area (Å²) in [6, 6.07) is 9.96. The molecule has 0 aliphatic carbocycles. The fourth-order valence-corrected chi connectivity index (χ4v) is 2.69. The first-order chi connectivity index (χ1) is 12.4. The van der Waals surface area contributed by atoms with E-state index in [0.717, 1.165) is 5.56 Å². The van der Waals surface area contributed by atoms with Crippen molar-refractivity contribution in [3.05, 3.63) is 64.9 Å². The van der Waals surface area contributed by atoms with E-state index in [-0.39, 0.29) is 22.7 Å². The lowest BCUT2D eigenvalue weighted by Gasteiger charge is -2.02. The van der Waals surface area contributed by atoms with Crippen molar-refractivity contribution in [2.24, 2.45) is 0 Å². The van der Waals surface area contributed by atoms with Crippen molar-refractivity contribution in [3.63, 3.8) is 0 Å². The molecule has 0 saturated heterocycles. The van der Waals surface area contributed by atoms with Crippen molar-refractivity contribution in [3.8, 4) is 11.5 Å². The van der Waals surface area contributed by atoms with E-state index < -0.39 is 11.8 Å². The molecule has 0 spiro atoms. The van der Waals surface area contributed by atoms with Gasteiger partial charge in [0.1, 0.15) is 22.6 Å². The van der Waals surface area contributed by atoms with Gasteiger partial charge in [-0.15, -0.1) is 0 Å². The molecule has 0 amide bonds. The average molecular weight is 352 g/mol. The maximum absolute atomic E-state index is 12.6. The number of aryl methyl sites for hydroxylation is 1. The summed E-state index contributed by atoms with van der Waals surface area (Å²) < 4.78 is 10.4. The van der Waals surface area contributed by atoms with Crippen LogP contribution >= 0.6 is 0 Å². The van der Waals surface area contributed by atoms with Gasteiger partial charge in [-0.25, -0.2) is 4.79 Å². The van der Waals surface area contributed by atoms with Crippen molar-refractivity contribution < 1.29 is 29.0 Å². The number of allylic oxidation sites excluding steroid dienone is 1. The van der Waals surface area contributed by atoms with E-state index in [1.54, 1.807) is 44.4 Å². The Morgan fingerprint density at radius 2 is 1.81 bits per heavy atom. The van der Waals surface area contributed by atoms with E-state index in [9.17, 15) is 19.8 Å². The summed E-state index contributed by atoms with van der Waals surface area (Å²) in [6.07, 6.45) is 2.89. The van der Waals surface area contributed by atoms with Crippen LogP contribution in [-0.2, 0) is 0 Å². The van der Waals surface area contributed by atoms with Crippen LogP contribution in [0, 0.1) is 6.92 Å². The Hall–Kier alpha value is -3.54. The fraction of sp³-hybridized carbons (Fsp3) is 0.100. The van der Waals surface area contributed by atoms with Gasteiger partial charge in [-0.05, 0) is 42.8 Å². The molecule has 0 aliphatic rings. The first-order valence-electron chi connectivity index (χ1n) is 7.77. The van der Waals surface area contributed by atoms with Crippen molar-refractivity contribution in [1.82, 2.24) is 0 Å². The highest BCUT2D eigenvalue weighted by Crippen LogP contribution is 2.33. The number of aromatic carboxylic acids is 1. The number of carbonyl (C=O) groups is 2. The van der Waals surface area contributed by atoms with Gasteiger partial charge in [0.2, 0.25) is 5.76 Å². The lowest BCUT2D eigenvalue weighted by Crippen LogP contribution is -1.96. The predicted octanol–water partition coefficient (Wildman–Crippen LogP) is 4.05. The van der Waals surface area contributed by atoms with Gasteiger partial charge in [-0.3, -0.25) is 4.79 Å². The van der Waals surface area contributed by atoms with E-state index in [0.29, 0.717) is 16.7 Å². The summed E-state index contributed by atoms with van der Waals surface area (Å²) in [5.74, 6) is -1.55. The van der Waals surface area contributed by atoms with Gasteiger partial charge in [-0.1, -0.05) is 18.2 Å². The van der Waals surface area contributed by atoms with Crippen molar-refractivity contribution in [2.45, 2.75) is 6.92 Å². The molecule has 3 aromatic rings. The molecule has 26 heavy (non-hydrogen) atoms. The molecule has 6 nitrogen and oxygen atoms in total. The average Bonchev–Trinajstić information content (AvgIpc) is 2.97. The Morgan fingerprint density at radius 3 is 2.42 bits per heavy atom. The van der Waals surface area contributed by atoms with Crippen molar-refractivity contribution >= 4 is 28.8 Å². The number of hydrogen-bond donors (Lipinski definition) is 2. The number of ketones is 1. The lowest BCUT2D eigenvalue weighted by atomic mass is 10.0. The van der Waals surface area contributed by atoms with Crippen LogP contribution in [0.3, 0.4) is 0 Å². The number of ether oxygens (including phenoxy) is 1. The standard InChI is InChI=1S/C20H16O6/c1-11-14-8-10-16(22)17(19(14)26-18(11)20(23)24)15(21)9-5-12-3-6-13(25-2)7-4-12/h3-10,22H,1-2H3,(H,23,24)/b9-5+. The Bertz CT molecular complexity index is 1020. The fourth-order valence-electron chi connectivity index (χ4n) is 2.69. The number of carboxylic acids is 1. The minimum atomic E-state index is -1.23. The van der Waals surface area contributed by atoms with E-state index >= 15 is 0 Å². The molecule has 3 rings (SSSR count). The third-order valence-electron chi connectivity index (χ3n) is 4.07. The summed E-state index contributed by atoms with van der Waals surface area (Å²) in [5, 5.41) is 19.8. The quantitative estimate of drug-likeness (QED) is 0.531. The number of rotatable bonds is 5. The van der Waals surface area contributed by atoms with Crippen LogP contribution in [0.4, 0.5) is 0 Å². The number of fused-ring (bicyclic) bond motifs is 1. The number of phenolic OH excluding ortho intramolecular Hbond substituents is 1. The zero-order valence-electron chi connectivity index (χ0n) is 14.1. The summed E-state index contributed by atoms with van der Waals surface area (Å²) in [5.41, 5.74) is 1.17. The Balaban J connectivity index is 2.01. The summed E-state index contributed by atoms with van der Waals surface area (Å²) in [6.45, 7) is 1.59. The summed E-state index contributed by atoms with van der Waals surface area (Å²) in [7, 11) is 1.56. The van der Waals surface area contributed by atoms with Crippen LogP contribution in [0.1, 0.15) is 32.0 Å². The Morgan fingerprint density at radius 1 is 1.12 bits per heavy atom. The van der Waals surface area contributed by atoms with Gasteiger partial charge in [0.25, 0.3) is 0 Å². The molecule has 0 bridgehead atoms. The molecular formula is C20H16O6. The minimum absolute atomic E-state index is 0.0595. The number of carboxylic acid groups (broad SMARTS) is 1. The summed E-state index contributed by atoms with van der Waals surface area (Å²) in [4.78, 5) is 23.8. The van der Waals surface area contributed by atoms with E-state index in [2.05, 4.69) is 0 Å². The van der Waals surface area contributed by atoms with Gasteiger partial charge >= 0.3 is 5.97 Å². The molecule has 6 heteroatoms. The van der Waals surface area contributed by atoms with E-state index in [4.69, 9.17) is 9.15 Å². The normalized spacial score (nSPS) is 11.2. The number of furan rings is 1. The monoisotopic (exact) mass is 352 g/mol. The van der Waals surface area contributed by atoms with Crippen LogP contribution in [0.5, 0.6) is 11.5 Å². The predicted molar refractivity (Wildman–Crippen MR) is 95.9 cm³/mol. The molecule has 132 valence electrons. The van der Waals surface area contributed by atoms with Gasteiger partial charge in [0.15, 0.2) is 5.78 Å². The second-order valence-corrected chi connectivity index (χ2v) is 5.67. The first-order valence-corrected chi connectivity index (χ1v) is 7.77. The van der Waals surface area contributed by atoms with Crippen LogP contribution in [-0.4, -0.2) is 29.1 Å². The molecule has 1 heterocycles. The molecule has 1 aromatic heterocycles. The Labute approximate surface area is 148 Å². The third-order valence-corrected chi connectivity index (χ3v) is 4.07. The smallest absolute Gasteiger partial charge is 0.372 e. The maximum Gasteiger partial charge on any atom is 0.372 e. The van der Waals surface area contributed by atoms with Gasteiger partial charge in [-0.2, -0.15) is 0 Å². The molecule has 0 aliphatic heterocycles. The van der Waals surface area contributed by atoms with Gasteiger partial charge in [0.05, 0.1) is 7.11 Å². The highest BCUT2D eigenvalue weighted by Gasteiger charge is 2.23.